The number of nitrogens with one attached hydrogen (secondary N) is 1. The summed E-state index contributed by atoms with van der Waals surface area (Å²) in [6.07, 6.45) is 0. The number of hydrogen-bond acceptors (Lipinski definition) is 2. The fourth-order valence-electron chi connectivity index (χ4n) is 1.81. The Bertz CT molecular complexity index is 555. The molecule has 0 heterocycles. The number of benzene rings is 2. The summed E-state index contributed by atoms with van der Waals surface area (Å²) in [6.45, 7) is 2.10. The van der Waals surface area contributed by atoms with Crippen LogP contribution < -0.4 is 5.32 Å². The van der Waals surface area contributed by atoms with Crippen LogP contribution >= 0.6 is 31.9 Å². The van der Waals surface area contributed by atoms with Gasteiger partial charge in [0.25, 0.3) is 0 Å². The highest BCUT2D eigenvalue weighted by Gasteiger charge is 2.11. The molecular formula is C15H15Br2NO. The molecule has 0 aliphatic heterocycles. The molecule has 19 heavy (non-hydrogen) atoms. The molecule has 1 atom stereocenters. The Morgan fingerprint density at radius 1 is 1.05 bits per heavy atom. The van der Waals surface area contributed by atoms with Crippen molar-refractivity contribution in [2.24, 2.45) is 0 Å². The summed E-state index contributed by atoms with van der Waals surface area (Å²) in [5.74, 6) is 0. The Kier molecular flexibility index (Phi) is 5.02. The van der Waals surface area contributed by atoms with Crippen LogP contribution in [0, 0.1) is 6.92 Å². The largest absolute Gasteiger partial charge is 0.394 e. The molecule has 0 saturated carbocycles. The lowest BCUT2D eigenvalue weighted by Gasteiger charge is -2.18. The van der Waals surface area contributed by atoms with Crippen LogP contribution in [0.25, 0.3) is 0 Å². The number of aryl methyl sites for hydroxylation is 1. The van der Waals surface area contributed by atoms with E-state index in [1.54, 1.807) is 0 Å². The van der Waals surface area contributed by atoms with Gasteiger partial charge < -0.3 is 10.4 Å². The fraction of sp³-hybridized carbons (Fsp3) is 0.200. The molecule has 2 aromatic rings. The predicted molar refractivity (Wildman–Crippen MR) is 86.5 cm³/mol. The molecule has 0 radical (unpaired) electrons. The van der Waals surface area contributed by atoms with E-state index in [0.29, 0.717) is 0 Å². The molecule has 0 aliphatic rings. The first-order valence-corrected chi connectivity index (χ1v) is 7.58. The van der Waals surface area contributed by atoms with Crippen LogP contribution in [-0.4, -0.2) is 11.7 Å². The molecule has 100 valence electrons. The van der Waals surface area contributed by atoms with Crippen LogP contribution in [0.2, 0.25) is 0 Å². The summed E-state index contributed by atoms with van der Waals surface area (Å²) in [5, 5.41) is 12.9. The van der Waals surface area contributed by atoms with Crippen LogP contribution in [0.15, 0.2) is 51.4 Å². The van der Waals surface area contributed by atoms with Gasteiger partial charge >= 0.3 is 0 Å². The van der Waals surface area contributed by atoms with Crippen molar-refractivity contribution in [1.82, 2.24) is 0 Å². The van der Waals surface area contributed by atoms with Gasteiger partial charge in [0.1, 0.15) is 0 Å². The van der Waals surface area contributed by atoms with E-state index in [0.717, 1.165) is 20.2 Å². The van der Waals surface area contributed by atoms with Crippen molar-refractivity contribution in [3.05, 3.63) is 62.5 Å². The number of aliphatic hydroxyl groups excluding tert-OH is 1. The van der Waals surface area contributed by atoms with E-state index >= 15 is 0 Å². The monoisotopic (exact) mass is 383 g/mol. The Labute approximate surface area is 130 Å². The van der Waals surface area contributed by atoms with Gasteiger partial charge in [-0.3, -0.25) is 0 Å². The maximum absolute atomic E-state index is 9.57. The molecule has 2 N–H and O–H groups in total. The summed E-state index contributed by atoms with van der Waals surface area (Å²) >= 11 is 6.93. The van der Waals surface area contributed by atoms with E-state index in [9.17, 15) is 5.11 Å². The second kappa shape index (κ2) is 6.55. The summed E-state index contributed by atoms with van der Waals surface area (Å²) < 4.78 is 1.98. The lowest BCUT2D eigenvalue weighted by molar-refractivity contribution is 0.276. The summed E-state index contributed by atoms with van der Waals surface area (Å²) in [7, 11) is 0. The molecule has 2 rings (SSSR count). The van der Waals surface area contributed by atoms with Crippen LogP contribution in [-0.2, 0) is 0 Å². The van der Waals surface area contributed by atoms with E-state index < -0.39 is 0 Å². The van der Waals surface area contributed by atoms with Crippen molar-refractivity contribution < 1.29 is 5.11 Å². The highest BCUT2D eigenvalue weighted by molar-refractivity contribution is 9.13. The van der Waals surface area contributed by atoms with Crippen LogP contribution in [0.5, 0.6) is 0 Å². The minimum absolute atomic E-state index is 0.0436. The predicted octanol–water partition coefficient (Wildman–Crippen LogP) is 4.67. The number of anilines is 1. The lowest BCUT2D eigenvalue weighted by atomic mass is 10.1. The van der Waals surface area contributed by atoms with Gasteiger partial charge in [-0.25, -0.2) is 0 Å². The molecule has 2 aromatic carbocycles. The van der Waals surface area contributed by atoms with Crippen molar-refractivity contribution in [1.29, 1.82) is 0 Å². The van der Waals surface area contributed by atoms with Gasteiger partial charge in [0, 0.05) is 14.6 Å². The third kappa shape index (κ3) is 3.81. The highest BCUT2D eigenvalue weighted by Crippen LogP contribution is 2.28. The average molecular weight is 385 g/mol. The first kappa shape index (κ1) is 14.6. The molecule has 0 bridgehead atoms. The molecule has 0 amide bonds. The Hall–Kier alpha value is -0.840. The zero-order valence-corrected chi connectivity index (χ0v) is 13.7. The Balaban J connectivity index is 2.19. The fourth-order valence-corrected chi connectivity index (χ4v) is 2.46. The van der Waals surface area contributed by atoms with E-state index in [2.05, 4.69) is 44.1 Å². The van der Waals surface area contributed by atoms with Gasteiger partial charge in [-0.2, -0.15) is 0 Å². The number of aliphatic hydroxyl groups is 1. The zero-order chi connectivity index (χ0) is 13.8. The Morgan fingerprint density at radius 2 is 1.74 bits per heavy atom. The number of rotatable bonds is 4. The summed E-state index contributed by atoms with van der Waals surface area (Å²) in [5.41, 5.74) is 3.26. The second-order valence-corrected chi connectivity index (χ2v) is 6.13. The SMILES string of the molecule is Cc1ccc(NC(CO)c2ccc(Br)c(Br)c2)cc1. The molecule has 4 heteroatoms. The standard InChI is InChI=1S/C15H15Br2NO/c1-10-2-5-12(6-3-10)18-15(9-19)11-4-7-13(16)14(17)8-11/h2-8,15,18-19H,9H2,1H3. The van der Waals surface area contributed by atoms with Crippen molar-refractivity contribution in [3.63, 3.8) is 0 Å². The van der Waals surface area contributed by atoms with Crippen molar-refractivity contribution in [3.8, 4) is 0 Å². The molecule has 0 aromatic heterocycles. The molecule has 0 aliphatic carbocycles. The van der Waals surface area contributed by atoms with Crippen LogP contribution in [0.1, 0.15) is 17.2 Å². The maximum Gasteiger partial charge on any atom is 0.0745 e. The molecule has 2 nitrogen and oxygen atoms in total. The van der Waals surface area contributed by atoms with E-state index in [4.69, 9.17) is 0 Å². The first-order chi connectivity index (χ1) is 9.10. The molecule has 1 unspecified atom stereocenters. The van der Waals surface area contributed by atoms with Gasteiger partial charge in [-0.05, 0) is 68.6 Å². The summed E-state index contributed by atoms with van der Waals surface area (Å²) in [4.78, 5) is 0. The lowest BCUT2D eigenvalue weighted by Crippen LogP contribution is -2.14. The van der Waals surface area contributed by atoms with Crippen molar-refractivity contribution in [2.75, 3.05) is 11.9 Å². The normalized spacial score (nSPS) is 12.2. The third-order valence-corrected chi connectivity index (χ3v) is 4.80. The van der Waals surface area contributed by atoms with Gasteiger partial charge in [-0.15, -0.1) is 0 Å². The Morgan fingerprint density at radius 3 is 2.32 bits per heavy atom. The highest BCUT2D eigenvalue weighted by atomic mass is 79.9. The smallest absolute Gasteiger partial charge is 0.0745 e. The second-order valence-electron chi connectivity index (χ2n) is 4.42. The molecule has 0 fully saturated rings. The van der Waals surface area contributed by atoms with Crippen molar-refractivity contribution >= 4 is 37.5 Å². The zero-order valence-electron chi connectivity index (χ0n) is 10.5. The maximum atomic E-state index is 9.57. The number of hydrogen-bond donors (Lipinski definition) is 2. The van der Waals surface area contributed by atoms with Gasteiger partial charge in [0.15, 0.2) is 0 Å². The first-order valence-electron chi connectivity index (χ1n) is 5.99. The van der Waals surface area contributed by atoms with Gasteiger partial charge in [0.2, 0.25) is 0 Å². The summed E-state index contributed by atoms with van der Waals surface area (Å²) in [6, 6.07) is 14.0. The minimum Gasteiger partial charge on any atom is -0.394 e. The van der Waals surface area contributed by atoms with Gasteiger partial charge in [0.05, 0.1) is 12.6 Å². The van der Waals surface area contributed by atoms with Crippen LogP contribution in [0.3, 0.4) is 0 Å². The van der Waals surface area contributed by atoms with E-state index in [-0.39, 0.29) is 12.6 Å². The van der Waals surface area contributed by atoms with E-state index in [1.165, 1.54) is 5.56 Å². The van der Waals surface area contributed by atoms with Gasteiger partial charge in [-0.1, -0.05) is 23.8 Å². The van der Waals surface area contributed by atoms with Crippen molar-refractivity contribution in [2.45, 2.75) is 13.0 Å². The molecular weight excluding hydrogens is 370 g/mol. The molecule has 0 saturated heterocycles. The topological polar surface area (TPSA) is 32.3 Å². The third-order valence-electron chi connectivity index (χ3n) is 2.92. The van der Waals surface area contributed by atoms with E-state index in [1.807, 2.05) is 42.5 Å². The number of halogens is 2. The quantitative estimate of drug-likeness (QED) is 0.802. The van der Waals surface area contributed by atoms with Crippen LogP contribution in [0.4, 0.5) is 5.69 Å². The minimum atomic E-state index is -0.118. The average Bonchev–Trinajstić information content (AvgIpc) is 2.41. The molecule has 0 spiro atoms.